The van der Waals surface area contributed by atoms with Gasteiger partial charge in [0, 0.05) is 31.1 Å². The van der Waals surface area contributed by atoms with Crippen molar-refractivity contribution in [2.24, 2.45) is 5.73 Å². The summed E-state index contributed by atoms with van der Waals surface area (Å²) in [6.07, 6.45) is -1.94. The van der Waals surface area contributed by atoms with Crippen LogP contribution < -0.4 is 5.73 Å². The maximum atomic E-state index is 12.3. The highest BCUT2D eigenvalue weighted by molar-refractivity contribution is 4.91. The second-order valence-electron chi connectivity index (χ2n) is 6.34. The van der Waals surface area contributed by atoms with E-state index < -0.39 is 12.6 Å². The Morgan fingerprint density at radius 3 is 2.45 bits per heavy atom. The number of nitrogens with two attached hydrogens (primary N) is 1. The average molecular weight is 295 g/mol. The Morgan fingerprint density at radius 1 is 1.30 bits per heavy atom. The van der Waals surface area contributed by atoms with Crippen LogP contribution in [-0.2, 0) is 0 Å². The van der Waals surface area contributed by atoms with Crippen LogP contribution in [0.15, 0.2) is 0 Å². The maximum Gasteiger partial charge on any atom is 0.389 e. The van der Waals surface area contributed by atoms with Gasteiger partial charge in [-0.3, -0.25) is 4.90 Å². The molecule has 1 saturated heterocycles. The molecule has 0 aliphatic carbocycles. The van der Waals surface area contributed by atoms with Crippen molar-refractivity contribution in [1.29, 1.82) is 0 Å². The minimum atomic E-state index is -4.07. The molecule has 20 heavy (non-hydrogen) atoms. The molecule has 0 radical (unpaired) electrons. The van der Waals surface area contributed by atoms with Gasteiger partial charge in [-0.15, -0.1) is 0 Å². The normalized spacial score (nSPS) is 24.9. The minimum absolute atomic E-state index is 0.143. The molecule has 0 aromatic carbocycles. The molecule has 1 fully saturated rings. The lowest BCUT2D eigenvalue weighted by Crippen LogP contribution is -2.57. The highest BCUT2D eigenvalue weighted by Gasteiger charge is 2.35. The maximum absolute atomic E-state index is 12.3. The van der Waals surface area contributed by atoms with E-state index in [1.54, 1.807) is 0 Å². The van der Waals surface area contributed by atoms with E-state index in [0.717, 1.165) is 25.9 Å². The van der Waals surface area contributed by atoms with Crippen LogP contribution in [0.4, 0.5) is 13.2 Å². The predicted octanol–water partition coefficient (Wildman–Crippen LogP) is 2.46. The topological polar surface area (TPSA) is 32.5 Å². The highest BCUT2D eigenvalue weighted by Crippen LogP contribution is 2.29. The number of likely N-dealkylation sites (N-methyl/N-ethyl adjacent to an activating group) is 2. The Bertz CT molecular complexity index is 296. The average Bonchev–Trinajstić information content (AvgIpc) is 2.36. The molecule has 0 spiro atoms. The first-order valence-corrected chi connectivity index (χ1v) is 7.36. The van der Waals surface area contributed by atoms with Gasteiger partial charge in [-0.05, 0) is 53.2 Å². The molecular formula is C14H28F3N3. The number of nitrogens with zero attached hydrogens (tertiary/aromatic N) is 2. The van der Waals surface area contributed by atoms with Gasteiger partial charge in [-0.2, -0.15) is 13.2 Å². The summed E-state index contributed by atoms with van der Waals surface area (Å²) in [4.78, 5) is 4.48. The number of halogens is 3. The van der Waals surface area contributed by atoms with Gasteiger partial charge in [0.15, 0.2) is 0 Å². The van der Waals surface area contributed by atoms with Crippen molar-refractivity contribution in [1.82, 2.24) is 9.80 Å². The number of hydrogen-bond donors (Lipinski definition) is 1. The van der Waals surface area contributed by atoms with Gasteiger partial charge >= 0.3 is 6.18 Å². The molecule has 0 amide bonds. The monoisotopic (exact) mass is 295 g/mol. The van der Waals surface area contributed by atoms with E-state index in [4.69, 9.17) is 5.73 Å². The van der Waals surface area contributed by atoms with Gasteiger partial charge in [0.05, 0.1) is 0 Å². The Hall–Kier alpha value is -0.330. The van der Waals surface area contributed by atoms with Crippen LogP contribution in [0.2, 0.25) is 0 Å². The summed E-state index contributed by atoms with van der Waals surface area (Å²) in [7, 11) is 4.09. The highest BCUT2D eigenvalue weighted by atomic mass is 19.4. The smallest absolute Gasteiger partial charge is 0.329 e. The first-order valence-electron chi connectivity index (χ1n) is 7.36. The molecule has 1 rings (SSSR count). The van der Waals surface area contributed by atoms with Gasteiger partial charge in [-0.1, -0.05) is 0 Å². The van der Waals surface area contributed by atoms with E-state index in [9.17, 15) is 13.2 Å². The predicted molar refractivity (Wildman–Crippen MR) is 75.6 cm³/mol. The number of hydrogen-bond acceptors (Lipinski definition) is 3. The zero-order valence-electron chi connectivity index (χ0n) is 12.8. The molecule has 1 aliphatic rings. The number of rotatable bonds is 6. The number of alkyl halides is 3. The van der Waals surface area contributed by atoms with Crippen LogP contribution in [0.5, 0.6) is 0 Å². The van der Waals surface area contributed by atoms with Crippen LogP contribution in [-0.4, -0.2) is 61.3 Å². The lowest BCUT2D eigenvalue weighted by Gasteiger charge is -2.46. The van der Waals surface area contributed by atoms with Crippen LogP contribution >= 0.6 is 0 Å². The standard InChI is InChI=1S/C14H28F3N3/c1-13(11-18,7-5-8-14(15,16)17)20(3)12-6-4-9-19(2)10-12/h12H,4-11,18H2,1-3H3. The molecule has 0 aromatic rings. The van der Waals surface area contributed by atoms with Crippen LogP contribution in [0.3, 0.4) is 0 Å². The summed E-state index contributed by atoms with van der Waals surface area (Å²) in [6, 6.07) is 0.383. The van der Waals surface area contributed by atoms with Crippen LogP contribution in [0, 0.1) is 0 Å². The lowest BCUT2D eigenvalue weighted by atomic mass is 9.90. The zero-order valence-corrected chi connectivity index (χ0v) is 12.8. The third-order valence-electron chi connectivity index (χ3n) is 4.61. The van der Waals surface area contributed by atoms with E-state index in [-0.39, 0.29) is 12.0 Å². The largest absolute Gasteiger partial charge is 0.389 e. The van der Waals surface area contributed by atoms with Crippen LogP contribution in [0.25, 0.3) is 0 Å². The Labute approximate surface area is 120 Å². The van der Waals surface area contributed by atoms with Crippen molar-refractivity contribution >= 4 is 0 Å². The van der Waals surface area contributed by atoms with Gasteiger partial charge in [0.25, 0.3) is 0 Å². The molecule has 1 heterocycles. The Balaban J connectivity index is 2.57. The fourth-order valence-electron chi connectivity index (χ4n) is 2.99. The summed E-state index contributed by atoms with van der Waals surface area (Å²) < 4.78 is 36.9. The molecular weight excluding hydrogens is 267 g/mol. The zero-order chi connectivity index (χ0) is 15.4. The van der Waals surface area contributed by atoms with Crippen molar-refractivity contribution in [3.63, 3.8) is 0 Å². The molecule has 6 heteroatoms. The first kappa shape index (κ1) is 17.7. The first-order chi connectivity index (χ1) is 9.18. The Morgan fingerprint density at radius 2 is 1.95 bits per heavy atom. The number of likely N-dealkylation sites (tertiary alicyclic amines) is 1. The molecule has 0 bridgehead atoms. The summed E-state index contributed by atoms with van der Waals surface area (Å²) in [5, 5.41) is 0. The van der Waals surface area contributed by atoms with Gasteiger partial charge in [-0.25, -0.2) is 0 Å². The van der Waals surface area contributed by atoms with Gasteiger partial charge < -0.3 is 10.6 Å². The van der Waals surface area contributed by atoms with E-state index in [1.807, 2.05) is 14.0 Å². The summed E-state index contributed by atoms with van der Waals surface area (Å²) in [6.45, 7) is 4.43. The summed E-state index contributed by atoms with van der Waals surface area (Å²) >= 11 is 0. The molecule has 1 aliphatic heterocycles. The quantitative estimate of drug-likeness (QED) is 0.817. The molecule has 2 N–H and O–H groups in total. The van der Waals surface area contributed by atoms with Gasteiger partial charge in [0.2, 0.25) is 0 Å². The molecule has 0 saturated carbocycles. The Kier molecular flexibility index (Phi) is 6.28. The molecule has 2 unspecified atom stereocenters. The van der Waals surface area contributed by atoms with Crippen molar-refractivity contribution < 1.29 is 13.2 Å². The van der Waals surface area contributed by atoms with Crippen molar-refractivity contribution in [3.8, 4) is 0 Å². The SMILES string of the molecule is CN1CCCC(N(C)C(C)(CN)CCCC(F)(F)F)C1. The van der Waals surface area contributed by atoms with Crippen molar-refractivity contribution in [3.05, 3.63) is 0 Å². The van der Waals surface area contributed by atoms with E-state index >= 15 is 0 Å². The van der Waals surface area contributed by atoms with E-state index in [2.05, 4.69) is 16.8 Å². The van der Waals surface area contributed by atoms with Crippen molar-refractivity contribution in [2.75, 3.05) is 33.7 Å². The lowest BCUT2D eigenvalue weighted by molar-refractivity contribution is -0.137. The second-order valence-corrected chi connectivity index (χ2v) is 6.34. The fourth-order valence-corrected chi connectivity index (χ4v) is 2.99. The minimum Gasteiger partial charge on any atom is -0.329 e. The molecule has 2 atom stereocenters. The van der Waals surface area contributed by atoms with E-state index in [0.29, 0.717) is 19.0 Å². The number of piperidine rings is 1. The molecule has 0 aromatic heterocycles. The molecule has 3 nitrogen and oxygen atoms in total. The fraction of sp³-hybridized carbons (Fsp3) is 1.00. The summed E-state index contributed by atoms with van der Waals surface area (Å²) in [5.41, 5.74) is 5.51. The summed E-state index contributed by atoms with van der Waals surface area (Å²) in [5.74, 6) is 0. The second kappa shape index (κ2) is 7.09. The molecule has 120 valence electrons. The third kappa shape index (κ3) is 5.22. The van der Waals surface area contributed by atoms with Crippen molar-refractivity contribution in [2.45, 2.75) is 56.8 Å². The third-order valence-corrected chi connectivity index (χ3v) is 4.61. The van der Waals surface area contributed by atoms with Crippen LogP contribution in [0.1, 0.15) is 39.0 Å². The van der Waals surface area contributed by atoms with Gasteiger partial charge in [0.1, 0.15) is 0 Å². The van der Waals surface area contributed by atoms with E-state index in [1.165, 1.54) is 0 Å².